The van der Waals surface area contributed by atoms with E-state index in [0.717, 1.165) is 15.1 Å². The van der Waals surface area contributed by atoms with E-state index < -0.39 is 0 Å². The van der Waals surface area contributed by atoms with Gasteiger partial charge in [0.05, 0.1) is 10.0 Å². The van der Waals surface area contributed by atoms with Crippen molar-refractivity contribution in [3.05, 3.63) is 39.4 Å². The van der Waals surface area contributed by atoms with E-state index in [1.54, 1.807) is 22.0 Å². The molecule has 0 aliphatic carbocycles. The lowest BCUT2D eigenvalue weighted by Crippen LogP contribution is -2.28. The van der Waals surface area contributed by atoms with Gasteiger partial charge < -0.3 is 5.32 Å². The third-order valence-corrected chi connectivity index (χ3v) is 4.42. The first-order valence-corrected chi connectivity index (χ1v) is 7.42. The molecule has 0 aromatic carbocycles. The predicted octanol–water partition coefficient (Wildman–Crippen LogP) is 3.30. The fourth-order valence-corrected chi connectivity index (χ4v) is 2.93. The molecule has 0 radical (unpaired) electrons. The highest BCUT2D eigenvalue weighted by Crippen LogP contribution is 2.26. The van der Waals surface area contributed by atoms with Crippen LogP contribution in [0.15, 0.2) is 34.4 Å². The van der Waals surface area contributed by atoms with Gasteiger partial charge in [-0.05, 0) is 41.9 Å². The third kappa shape index (κ3) is 2.35. The van der Waals surface area contributed by atoms with E-state index >= 15 is 0 Å². The van der Waals surface area contributed by atoms with Crippen LogP contribution in [0.2, 0.25) is 0 Å². The molecule has 0 aliphatic heterocycles. The Bertz CT molecular complexity index is 704. The van der Waals surface area contributed by atoms with Gasteiger partial charge in [0.15, 0.2) is 5.65 Å². The number of nitrogens with one attached hydrogen (secondary N) is 1. The van der Waals surface area contributed by atoms with Gasteiger partial charge in [0.2, 0.25) is 5.95 Å². The molecule has 1 N–H and O–H groups in total. The predicted molar refractivity (Wildman–Crippen MR) is 79.4 cm³/mol. The Hall–Kier alpha value is -1.47. The summed E-state index contributed by atoms with van der Waals surface area (Å²) in [6.07, 6.45) is 3.67. The second-order valence-electron chi connectivity index (χ2n) is 4.65. The number of pyridine rings is 1. The minimum Gasteiger partial charge on any atom is -0.342 e. The lowest BCUT2D eigenvalue weighted by Gasteiger charge is -2.22. The molecule has 0 spiro atoms. The van der Waals surface area contributed by atoms with Crippen LogP contribution in [0.4, 0.5) is 5.95 Å². The second kappa shape index (κ2) is 4.57. The van der Waals surface area contributed by atoms with E-state index in [2.05, 4.69) is 50.2 Å². The number of fused-ring (bicyclic) bond motifs is 1. The van der Waals surface area contributed by atoms with Gasteiger partial charge in [-0.2, -0.15) is 4.98 Å². The SMILES string of the molecule is CC(C)(Nc1nc2c(Br)cccn2n1)c1nccs1. The van der Waals surface area contributed by atoms with Crippen molar-refractivity contribution < 1.29 is 0 Å². The molecule has 0 aliphatic rings. The van der Waals surface area contributed by atoms with Crippen molar-refractivity contribution in [3.8, 4) is 0 Å². The Kier molecular flexibility index (Phi) is 3.02. The van der Waals surface area contributed by atoms with Gasteiger partial charge in [-0.25, -0.2) is 9.50 Å². The van der Waals surface area contributed by atoms with Crippen LogP contribution in [0.25, 0.3) is 5.65 Å². The van der Waals surface area contributed by atoms with E-state index in [1.807, 2.05) is 23.7 Å². The van der Waals surface area contributed by atoms with Crippen molar-refractivity contribution in [3.63, 3.8) is 0 Å². The maximum absolute atomic E-state index is 4.48. The first kappa shape index (κ1) is 12.6. The van der Waals surface area contributed by atoms with Crippen molar-refractivity contribution in [2.45, 2.75) is 19.4 Å². The molecule has 7 heteroatoms. The van der Waals surface area contributed by atoms with Crippen molar-refractivity contribution in [2.75, 3.05) is 5.32 Å². The number of anilines is 1. The van der Waals surface area contributed by atoms with Crippen molar-refractivity contribution >= 4 is 38.9 Å². The Morgan fingerprint density at radius 3 is 2.95 bits per heavy atom. The molecule has 0 saturated heterocycles. The van der Waals surface area contributed by atoms with Gasteiger partial charge in [-0.1, -0.05) is 0 Å². The zero-order valence-electron chi connectivity index (χ0n) is 10.5. The second-order valence-corrected chi connectivity index (χ2v) is 6.40. The maximum atomic E-state index is 4.48. The zero-order valence-corrected chi connectivity index (χ0v) is 12.9. The van der Waals surface area contributed by atoms with E-state index in [0.29, 0.717) is 5.95 Å². The summed E-state index contributed by atoms with van der Waals surface area (Å²) in [7, 11) is 0. The van der Waals surface area contributed by atoms with E-state index in [1.165, 1.54) is 0 Å². The van der Waals surface area contributed by atoms with Crippen LogP contribution in [-0.4, -0.2) is 19.6 Å². The van der Waals surface area contributed by atoms with E-state index in [-0.39, 0.29) is 5.54 Å². The third-order valence-electron chi connectivity index (χ3n) is 2.71. The largest absolute Gasteiger partial charge is 0.342 e. The molecule has 0 amide bonds. The standard InChI is InChI=1S/C12H12BrN5S/c1-12(2,10-14-5-7-19-10)16-11-15-9-8(13)4-3-6-18(9)17-11/h3-7H,1-2H3,(H,16,17). The van der Waals surface area contributed by atoms with Crippen LogP contribution in [0, 0.1) is 0 Å². The summed E-state index contributed by atoms with van der Waals surface area (Å²) in [5.74, 6) is 0.590. The van der Waals surface area contributed by atoms with Crippen LogP contribution in [0.5, 0.6) is 0 Å². The minimum atomic E-state index is -0.300. The van der Waals surface area contributed by atoms with Crippen LogP contribution in [0.1, 0.15) is 18.9 Å². The van der Waals surface area contributed by atoms with Gasteiger partial charge >= 0.3 is 0 Å². The molecule has 3 rings (SSSR count). The lowest BCUT2D eigenvalue weighted by molar-refractivity contribution is 0.597. The Morgan fingerprint density at radius 1 is 1.42 bits per heavy atom. The van der Waals surface area contributed by atoms with Crippen LogP contribution in [-0.2, 0) is 5.54 Å². The molecular formula is C12H12BrN5S. The molecule has 0 atom stereocenters. The van der Waals surface area contributed by atoms with Gasteiger partial charge in [0, 0.05) is 17.8 Å². The topological polar surface area (TPSA) is 55.1 Å². The summed E-state index contributed by atoms with van der Waals surface area (Å²) < 4.78 is 2.66. The minimum absolute atomic E-state index is 0.300. The molecular weight excluding hydrogens is 326 g/mol. The van der Waals surface area contributed by atoms with Crippen LogP contribution < -0.4 is 5.32 Å². The van der Waals surface area contributed by atoms with E-state index in [9.17, 15) is 0 Å². The number of hydrogen-bond acceptors (Lipinski definition) is 5. The van der Waals surface area contributed by atoms with Crippen molar-refractivity contribution in [1.82, 2.24) is 19.6 Å². The molecule has 0 saturated carbocycles. The highest BCUT2D eigenvalue weighted by Gasteiger charge is 2.24. The van der Waals surface area contributed by atoms with Crippen LogP contribution >= 0.6 is 27.3 Å². The molecule has 0 fully saturated rings. The summed E-state index contributed by atoms with van der Waals surface area (Å²) >= 11 is 5.08. The first-order valence-electron chi connectivity index (χ1n) is 5.75. The Labute approximate surface area is 122 Å². The molecule has 3 aromatic rings. The molecule has 3 aromatic heterocycles. The lowest BCUT2D eigenvalue weighted by atomic mass is 10.1. The highest BCUT2D eigenvalue weighted by atomic mass is 79.9. The molecule has 5 nitrogen and oxygen atoms in total. The number of nitrogens with zero attached hydrogens (tertiary/aromatic N) is 4. The van der Waals surface area contributed by atoms with E-state index in [4.69, 9.17) is 0 Å². The summed E-state index contributed by atoms with van der Waals surface area (Å²) in [5, 5.41) is 10.7. The fraction of sp³-hybridized carbons (Fsp3) is 0.250. The van der Waals surface area contributed by atoms with Gasteiger partial charge in [-0.3, -0.25) is 0 Å². The molecule has 0 unspecified atom stereocenters. The Balaban J connectivity index is 1.95. The molecule has 19 heavy (non-hydrogen) atoms. The smallest absolute Gasteiger partial charge is 0.243 e. The van der Waals surface area contributed by atoms with Gasteiger partial charge in [0.25, 0.3) is 0 Å². The average molecular weight is 338 g/mol. The number of aromatic nitrogens is 4. The van der Waals surface area contributed by atoms with Crippen molar-refractivity contribution in [2.24, 2.45) is 0 Å². The monoisotopic (exact) mass is 337 g/mol. The quantitative estimate of drug-likeness (QED) is 0.796. The number of hydrogen-bond donors (Lipinski definition) is 1. The number of halogens is 1. The first-order chi connectivity index (χ1) is 9.06. The number of rotatable bonds is 3. The average Bonchev–Trinajstić information content (AvgIpc) is 2.96. The summed E-state index contributed by atoms with van der Waals surface area (Å²) in [6, 6.07) is 3.86. The maximum Gasteiger partial charge on any atom is 0.243 e. The van der Waals surface area contributed by atoms with Gasteiger partial charge in [0.1, 0.15) is 5.01 Å². The summed E-state index contributed by atoms with van der Waals surface area (Å²) in [6.45, 7) is 4.12. The molecule has 3 heterocycles. The zero-order chi connectivity index (χ0) is 13.5. The molecule has 98 valence electrons. The van der Waals surface area contributed by atoms with Gasteiger partial charge in [-0.15, -0.1) is 16.4 Å². The Morgan fingerprint density at radius 2 is 2.26 bits per heavy atom. The number of thiazole rings is 1. The molecule has 0 bridgehead atoms. The summed E-state index contributed by atoms with van der Waals surface area (Å²) in [4.78, 5) is 8.82. The highest BCUT2D eigenvalue weighted by molar-refractivity contribution is 9.10. The van der Waals surface area contributed by atoms with Crippen molar-refractivity contribution in [1.29, 1.82) is 0 Å². The normalized spacial score (nSPS) is 11.9. The fourth-order valence-electron chi connectivity index (χ4n) is 1.79. The van der Waals surface area contributed by atoms with Crippen LogP contribution in [0.3, 0.4) is 0 Å². The summed E-state index contributed by atoms with van der Waals surface area (Å²) in [5.41, 5.74) is 0.492.